The molecular formula is C22H25FN2O. The highest BCUT2D eigenvalue weighted by Crippen LogP contribution is 2.33. The van der Waals surface area contributed by atoms with Gasteiger partial charge in [-0.3, -0.25) is 4.79 Å². The van der Waals surface area contributed by atoms with Crippen LogP contribution in [0.3, 0.4) is 0 Å². The van der Waals surface area contributed by atoms with Crippen LogP contribution in [-0.4, -0.2) is 10.5 Å². The van der Waals surface area contributed by atoms with E-state index < -0.39 is 0 Å². The second-order valence-electron chi connectivity index (χ2n) is 7.88. The third-order valence-corrected chi connectivity index (χ3v) is 4.71. The predicted octanol–water partition coefficient (Wildman–Crippen LogP) is 4.76. The Balaban J connectivity index is 1.83. The SMILES string of the molecule is Cn1cc(CC(=O)NC(c2ccc(F)cc2)C(C)(C)C)c2ccccc21. The topological polar surface area (TPSA) is 34.0 Å². The summed E-state index contributed by atoms with van der Waals surface area (Å²) in [6.45, 7) is 6.21. The monoisotopic (exact) mass is 352 g/mol. The van der Waals surface area contributed by atoms with Crippen molar-refractivity contribution in [1.29, 1.82) is 0 Å². The van der Waals surface area contributed by atoms with E-state index >= 15 is 0 Å². The highest BCUT2D eigenvalue weighted by atomic mass is 19.1. The lowest BCUT2D eigenvalue weighted by Crippen LogP contribution is -2.37. The summed E-state index contributed by atoms with van der Waals surface area (Å²) in [5, 5.41) is 4.24. The van der Waals surface area contributed by atoms with E-state index in [1.807, 2.05) is 42.1 Å². The Kier molecular flexibility index (Phi) is 4.86. The van der Waals surface area contributed by atoms with Crippen molar-refractivity contribution in [3.8, 4) is 0 Å². The molecule has 0 aliphatic heterocycles. The maximum Gasteiger partial charge on any atom is 0.225 e. The Morgan fingerprint density at radius 3 is 2.42 bits per heavy atom. The van der Waals surface area contributed by atoms with Gasteiger partial charge >= 0.3 is 0 Å². The van der Waals surface area contributed by atoms with Crippen LogP contribution in [0.1, 0.15) is 37.9 Å². The summed E-state index contributed by atoms with van der Waals surface area (Å²) >= 11 is 0. The summed E-state index contributed by atoms with van der Waals surface area (Å²) in [4.78, 5) is 12.8. The molecule has 0 saturated heterocycles. The van der Waals surface area contributed by atoms with Gasteiger partial charge in [0.25, 0.3) is 0 Å². The van der Waals surface area contributed by atoms with Gasteiger partial charge in [0, 0.05) is 24.1 Å². The van der Waals surface area contributed by atoms with E-state index in [1.54, 1.807) is 12.1 Å². The molecule has 26 heavy (non-hydrogen) atoms. The fraction of sp³-hybridized carbons (Fsp3) is 0.318. The van der Waals surface area contributed by atoms with Crippen molar-refractivity contribution < 1.29 is 9.18 Å². The lowest BCUT2D eigenvalue weighted by molar-refractivity contribution is -0.122. The van der Waals surface area contributed by atoms with Gasteiger partial charge in [-0.15, -0.1) is 0 Å². The molecule has 1 heterocycles. The van der Waals surface area contributed by atoms with E-state index in [1.165, 1.54) is 12.1 Å². The molecule has 1 amide bonds. The molecule has 1 aromatic heterocycles. The van der Waals surface area contributed by atoms with E-state index in [-0.39, 0.29) is 23.2 Å². The van der Waals surface area contributed by atoms with Crippen LogP contribution < -0.4 is 5.32 Å². The van der Waals surface area contributed by atoms with Crippen LogP contribution in [0.25, 0.3) is 10.9 Å². The molecular weight excluding hydrogens is 327 g/mol. The van der Waals surface area contributed by atoms with E-state index in [4.69, 9.17) is 0 Å². The summed E-state index contributed by atoms with van der Waals surface area (Å²) in [5.41, 5.74) is 2.84. The van der Waals surface area contributed by atoms with Gasteiger partial charge < -0.3 is 9.88 Å². The van der Waals surface area contributed by atoms with Crippen LogP contribution >= 0.6 is 0 Å². The summed E-state index contributed by atoms with van der Waals surface area (Å²) in [7, 11) is 1.99. The first kappa shape index (κ1) is 18.2. The highest BCUT2D eigenvalue weighted by Gasteiger charge is 2.28. The minimum atomic E-state index is -0.275. The van der Waals surface area contributed by atoms with Crippen molar-refractivity contribution in [2.24, 2.45) is 12.5 Å². The minimum absolute atomic E-state index is 0.0365. The van der Waals surface area contributed by atoms with Crippen molar-refractivity contribution in [1.82, 2.24) is 9.88 Å². The van der Waals surface area contributed by atoms with Gasteiger partial charge in [0.1, 0.15) is 5.82 Å². The summed E-state index contributed by atoms with van der Waals surface area (Å²) in [5.74, 6) is -0.311. The Bertz CT molecular complexity index is 919. The van der Waals surface area contributed by atoms with Gasteiger partial charge in [0.05, 0.1) is 12.5 Å². The molecule has 4 heteroatoms. The number of fused-ring (bicyclic) bond motifs is 1. The number of amides is 1. The quantitative estimate of drug-likeness (QED) is 0.721. The number of carbonyl (C=O) groups excluding carboxylic acids is 1. The van der Waals surface area contributed by atoms with Crippen LogP contribution in [0.15, 0.2) is 54.7 Å². The van der Waals surface area contributed by atoms with E-state index in [0.717, 1.165) is 22.0 Å². The standard InChI is InChI=1S/C22H25FN2O/c1-22(2,3)21(15-9-11-17(23)12-10-15)24-20(26)13-16-14-25(4)19-8-6-5-7-18(16)19/h5-12,14,21H,13H2,1-4H3,(H,24,26). The third kappa shape index (κ3) is 3.79. The first-order valence-electron chi connectivity index (χ1n) is 8.83. The smallest absolute Gasteiger partial charge is 0.225 e. The maximum absolute atomic E-state index is 13.3. The molecule has 2 aromatic carbocycles. The zero-order valence-corrected chi connectivity index (χ0v) is 15.7. The van der Waals surface area contributed by atoms with Gasteiger partial charge in [0.2, 0.25) is 5.91 Å². The number of aromatic nitrogens is 1. The van der Waals surface area contributed by atoms with Crippen LogP contribution in [0.5, 0.6) is 0 Å². The van der Waals surface area contributed by atoms with Crippen molar-refractivity contribution >= 4 is 16.8 Å². The normalized spacial score (nSPS) is 13.0. The van der Waals surface area contributed by atoms with E-state index in [0.29, 0.717) is 6.42 Å². The molecule has 3 rings (SSSR count). The number of nitrogens with one attached hydrogen (secondary N) is 1. The van der Waals surface area contributed by atoms with Crippen molar-refractivity contribution in [2.75, 3.05) is 0 Å². The zero-order chi connectivity index (χ0) is 18.9. The molecule has 0 bridgehead atoms. The third-order valence-electron chi connectivity index (χ3n) is 4.71. The molecule has 1 unspecified atom stereocenters. The van der Waals surface area contributed by atoms with Crippen molar-refractivity contribution in [3.63, 3.8) is 0 Å². The molecule has 0 saturated carbocycles. The van der Waals surface area contributed by atoms with Gasteiger partial charge in [-0.1, -0.05) is 51.1 Å². The molecule has 136 valence electrons. The Morgan fingerprint density at radius 1 is 1.12 bits per heavy atom. The summed E-state index contributed by atoms with van der Waals surface area (Å²) < 4.78 is 15.3. The number of halogens is 1. The number of carbonyl (C=O) groups is 1. The molecule has 0 aliphatic carbocycles. The lowest BCUT2D eigenvalue weighted by Gasteiger charge is -2.32. The van der Waals surface area contributed by atoms with Crippen LogP contribution in [0, 0.1) is 11.2 Å². The fourth-order valence-electron chi connectivity index (χ4n) is 3.41. The predicted molar refractivity (Wildman–Crippen MR) is 103 cm³/mol. The number of rotatable bonds is 4. The Hall–Kier alpha value is -2.62. The van der Waals surface area contributed by atoms with Crippen LogP contribution in [0.4, 0.5) is 4.39 Å². The fourth-order valence-corrected chi connectivity index (χ4v) is 3.41. The van der Waals surface area contributed by atoms with Gasteiger partial charge in [-0.2, -0.15) is 0 Å². The number of hydrogen-bond acceptors (Lipinski definition) is 1. The van der Waals surface area contributed by atoms with Gasteiger partial charge in [-0.25, -0.2) is 4.39 Å². The molecule has 1 N–H and O–H groups in total. The molecule has 0 spiro atoms. The first-order valence-corrected chi connectivity index (χ1v) is 8.83. The van der Waals surface area contributed by atoms with Gasteiger partial charge in [0.15, 0.2) is 0 Å². The second-order valence-corrected chi connectivity index (χ2v) is 7.88. The number of nitrogens with zero attached hydrogens (tertiary/aromatic N) is 1. The molecule has 3 aromatic rings. The molecule has 0 radical (unpaired) electrons. The Morgan fingerprint density at radius 2 is 1.77 bits per heavy atom. The van der Waals surface area contributed by atoms with Crippen LogP contribution in [0.2, 0.25) is 0 Å². The molecule has 0 fully saturated rings. The number of hydrogen-bond donors (Lipinski definition) is 1. The number of aryl methyl sites for hydroxylation is 1. The average Bonchev–Trinajstić information content (AvgIpc) is 2.89. The largest absolute Gasteiger partial charge is 0.350 e. The first-order chi connectivity index (χ1) is 12.3. The molecule has 3 nitrogen and oxygen atoms in total. The summed E-state index contributed by atoms with van der Waals surface area (Å²) in [6.07, 6.45) is 2.32. The van der Waals surface area contributed by atoms with Crippen molar-refractivity contribution in [2.45, 2.75) is 33.2 Å². The number of benzene rings is 2. The van der Waals surface area contributed by atoms with E-state index in [9.17, 15) is 9.18 Å². The average molecular weight is 352 g/mol. The molecule has 1 atom stereocenters. The lowest BCUT2D eigenvalue weighted by atomic mass is 9.82. The maximum atomic E-state index is 13.3. The van der Waals surface area contributed by atoms with E-state index in [2.05, 4.69) is 26.1 Å². The highest BCUT2D eigenvalue weighted by molar-refractivity contribution is 5.89. The van der Waals surface area contributed by atoms with Crippen LogP contribution in [-0.2, 0) is 18.3 Å². The Labute approximate surface area is 153 Å². The zero-order valence-electron chi connectivity index (χ0n) is 15.7. The molecule has 0 aliphatic rings. The van der Waals surface area contributed by atoms with Crippen molar-refractivity contribution in [3.05, 3.63) is 71.7 Å². The summed E-state index contributed by atoms with van der Waals surface area (Å²) in [6, 6.07) is 14.2. The van der Waals surface area contributed by atoms with Gasteiger partial charge in [-0.05, 0) is 34.7 Å². The minimum Gasteiger partial charge on any atom is -0.350 e. The second kappa shape index (κ2) is 6.94. The number of para-hydroxylation sites is 1.